The average Bonchev–Trinajstić information content (AvgIpc) is 3.18. The number of para-hydroxylation sites is 1. The molecule has 122 valence electrons. The normalized spacial score (nSPS) is 11.6. The van der Waals surface area contributed by atoms with E-state index in [4.69, 9.17) is 0 Å². The molecule has 0 atom stereocenters. The molecule has 3 aromatic rings. The van der Waals surface area contributed by atoms with E-state index in [0.29, 0.717) is 0 Å². The number of fused-ring (bicyclic) bond motifs is 1. The summed E-state index contributed by atoms with van der Waals surface area (Å²) in [7, 11) is 0. The third kappa shape index (κ3) is 4.12. The summed E-state index contributed by atoms with van der Waals surface area (Å²) >= 11 is 1.83. The lowest BCUT2D eigenvalue weighted by Crippen LogP contribution is -2.29. The number of aromatic nitrogens is 2. The molecule has 0 bridgehead atoms. The monoisotopic (exact) mass is 329 g/mol. The second kappa shape index (κ2) is 7.62. The van der Waals surface area contributed by atoms with Gasteiger partial charge in [-0.3, -0.25) is 0 Å². The highest BCUT2D eigenvalue weighted by atomic mass is 32.1. The van der Waals surface area contributed by atoms with Crippen molar-refractivity contribution in [2.75, 3.05) is 19.6 Å². The predicted molar refractivity (Wildman–Crippen MR) is 97.4 cm³/mol. The molecule has 0 unspecified atom stereocenters. The van der Waals surface area contributed by atoms with E-state index in [1.165, 1.54) is 10.4 Å². The van der Waals surface area contributed by atoms with Crippen molar-refractivity contribution < 1.29 is 0 Å². The van der Waals surface area contributed by atoms with Crippen molar-refractivity contribution in [3.63, 3.8) is 0 Å². The van der Waals surface area contributed by atoms with E-state index >= 15 is 0 Å². The SMILES string of the molecule is CCCN(CCc1cccs1)CCc1cccc2[nH]c(=O)[nH]c12. The fourth-order valence-electron chi connectivity index (χ4n) is 2.98. The van der Waals surface area contributed by atoms with Gasteiger partial charge in [0.1, 0.15) is 0 Å². The number of hydrogen-bond acceptors (Lipinski definition) is 3. The molecule has 4 nitrogen and oxygen atoms in total. The standard InChI is InChI=1S/C18H23N3OS/c1-2-10-21(12-9-15-6-4-13-23-15)11-8-14-5-3-7-16-17(14)20-18(22)19-16/h3-7,13H,2,8-12H2,1H3,(H2,19,20,22). The van der Waals surface area contributed by atoms with Crippen LogP contribution in [0.15, 0.2) is 40.5 Å². The second-order valence-corrected chi connectivity index (χ2v) is 6.87. The molecule has 0 amide bonds. The molecule has 0 saturated heterocycles. The fourth-order valence-corrected chi connectivity index (χ4v) is 3.68. The number of aromatic amines is 2. The number of H-pyrrole nitrogens is 2. The molecule has 5 heteroatoms. The maximum Gasteiger partial charge on any atom is 0.323 e. The van der Waals surface area contributed by atoms with Gasteiger partial charge in [-0.15, -0.1) is 11.3 Å². The number of nitrogens with one attached hydrogen (secondary N) is 2. The van der Waals surface area contributed by atoms with Crippen LogP contribution >= 0.6 is 11.3 Å². The molecule has 0 radical (unpaired) electrons. The smallest absolute Gasteiger partial charge is 0.306 e. The van der Waals surface area contributed by atoms with Crippen molar-refractivity contribution in [2.24, 2.45) is 0 Å². The summed E-state index contributed by atoms with van der Waals surface area (Å²) in [5, 5.41) is 2.14. The lowest BCUT2D eigenvalue weighted by atomic mass is 10.1. The molecule has 1 aromatic carbocycles. The molecular weight excluding hydrogens is 306 g/mol. The van der Waals surface area contributed by atoms with Gasteiger partial charge in [-0.2, -0.15) is 0 Å². The first kappa shape index (κ1) is 16.0. The molecule has 0 aliphatic rings. The summed E-state index contributed by atoms with van der Waals surface area (Å²) in [5.74, 6) is 0. The highest BCUT2D eigenvalue weighted by Gasteiger charge is 2.08. The molecule has 2 heterocycles. The second-order valence-electron chi connectivity index (χ2n) is 5.84. The van der Waals surface area contributed by atoms with E-state index in [9.17, 15) is 4.79 Å². The highest BCUT2D eigenvalue weighted by molar-refractivity contribution is 7.09. The van der Waals surface area contributed by atoms with Gasteiger partial charge in [0.25, 0.3) is 0 Å². The van der Waals surface area contributed by atoms with Crippen LogP contribution in [-0.4, -0.2) is 34.5 Å². The third-order valence-electron chi connectivity index (χ3n) is 4.13. The molecule has 23 heavy (non-hydrogen) atoms. The molecule has 0 spiro atoms. The number of nitrogens with zero attached hydrogens (tertiary/aromatic N) is 1. The van der Waals surface area contributed by atoms with Crippen LogP contribution in [0.3, 0.4) is 0 Å². The minimum atomic E-state index is -0.129. The van der Waals surface area contributed by atoms with E-state index in [-0.39, 0.29) is 5.69 Å². The highest BCUT2D eigenvalue weighted by Crippen LogP contribution is 2.15. The van der Waals surface area contributed by atoms with Gasteiger partial charge in [-0.05, 0) is 48.9 Å². The van der Waals surface area contributed by atoms with Crippen molar-refractivity contribution in [3.05, 3.63) is 56.6 Å². The summed E-state index contributed by atoms with van der Waals surface area (Å²) in [4.78, 5) is 21.2. The summed E-state index contributed by atoms with van der Waals surface area (Å²) in [6.45, 7) is 5.45. The Labute approximate surface area is 140 Å². The van der Waals surface area contributed by atoms with E-state index in [2.05, 4.69) is 45.4 Å². The first-order valence-electron chi connectivity index (χ1n) is 8.21. The molecule has 0 saturated carbocycles. The molecule has 2 aromatic heterocycles. The maximum absolute atomic E-state index is 11.5. The van der Waals surface area contributed by atoms with Crippen molar-refractivity contribution >= 4 is 22.4 Å². The largest absolute Gasteiger partial charge is 0.323 e. The van der Waals surface area contributed by atoms with Crippen molar-refractivity contribution in [1.29, 1.82) is 0 Å². The van der Waals surface area contributed by atoms with E-state index in [1.807, 2.05) is 23.5 Å². The lowest BCUT2D eigenvalue weighted by Gasteiger charge is -2.21. The summed E-state index contributed by atoms with van der Waals surface area (Å²) < 4.78 is 0. The number of imidazole rings is 1. The van der Waals surface area contributed by atoms with Gasteiger partial charge < -0.3 is 14.9 Å². The average molecular weight is 329 g/mol. The van der Waals surface area contributed by atoms with Crippen molar-refractivity contribution in [1.82, 2.24) is 14.9 Å². The van der Waals surface area contributed by atoms with Crippen LogP contribution < -0.4 is 5.69 Å². The molecular formula is C18H23N3OS. The predicted octanol–water partition coefficient (Wildman–Crippen LogP) is 3.41. The Kier molecular flexibility index (Phi) is 5.31. The lowest BCUT2D eigenvalue weighted by molar-refractivity contribution is 0.282. The molecule has 0 aliphatic carbocycles. The van der Waals surface area contributed by atoms with Crippen LogP contribution in [0, 0.1) is 0 Å². The first-order valence-corrected chi connectivity index (χ1v) is 9.09. The fraction of sp³-hybridized carbons (Fsp3) is 0.389. The Hall–Kier alpha value is -1.85. The zero-order chi connectivity index (χ0) is 16.1. The molecule has 0 aliphatic heterocycles. The zero-order valence-electron chi connectivity index (χ0n) is 13.5. The number of benzene rings is 1. The Morgan fingerprint density at radius 2 is 1.91 bits per heavy atom. The van der Waals surface area contributed by atoms with Crippen LogP contribution in [0.4, 0.5) is 0 Å². The van der Waals surface area contributed by atoms with Crippen molar-refractivity contribution in [2.45, 2.75) is 26.2 Å². The van der Waals surface area contributed by atoms with Crippen molar-refractivity contribution in [3.8, 4) is 0 Å². The van der Waals surface area contributed by atoms with Gasteiger partial charge in [0, 0.05) is 18.0 Å². The summed E-state index contributed by atoms with van der Waals surface area (Å²) in [6.07, 6.45) is 3.23. The zero-order valence-corrected chi connectivity index (χ0v) is 14.3. The Bertz CT molecular complexity index is 788. The molecule has 2 N–H and O–H groups in total. The Morgan fingerprint density at radius 1 is 1.04 bits per heavy atom. The Balaban J connectivity index is 1.64. The minimum Gasteiger partial charge on any atom is -0.306 e. The summed E-state index contributed by atoms with van der Waals surface area (Å²) in [6, 6.07) is 10.4. The van der Waals surface area contributed by atoms with Crippen LogP contribution in [0.25, 0.3) is 11.0 Å². The number of thiophene rings is 1. The van der Waals surface area contributed by atoms with Crippen LogP contribution in [0.2, 0.25) is 0 Å². The number of rotatable bonds is 8. The van der Waals surface area contributed by atoms with Gasteiger partial charge in [-0.25, -0.2) is 4.79 Å². The van der Waals surface area contributed by atoms with Gasteiger partial charge in [0.05, 0.1) is 11.0 Å². The Morgan fingerprint density at radius 3 is 2.70 bits per heavy atom. The van der Waals surface area contributed by atoms with E-state index in [1.54, 1.807) is 0 Å². The number of hydrogen-bond donors (Lipinski definition) is 2. The molecule has 0 fully saturated rings. The van der Waals surface area contributed by atoms with Crippen LogP contribution in [0.5, 0.6) is 0 Å². The van der Waals surface area contributed by atoms with Gasteiger partial charge >= 0.3 is 5.69 Å². The molecule has 3 rings (SSSR count). The van der Waals surface area contributed by atoms with Gasteiger partial charge in [0.2, 0.25) is 0 Å². The quantitative estimate of drug-likeness (QED) is 0.665. The summed E-state index contributed by atoms with van der Waals surface area (Å²) in [5.41, 5.74) is 2.92. The third-order valence-corrected chi connectivity index (χ3v) is 5.07. The minimum absolute atomic E-state index is 0.129. The first-order chi connectivity index (χ1) is 11.3. The maximum atomic E-state index is 11.5. The topological polar surface area (TPSA) is 51.9 Å². The van der Waals surface area contributed by atoms with E-state index in [0.717, 1.165) is 49.9 Å². The van der Waals surface area contributed by atoms with Gasteiger partial charge in [0.15, 0.2) is 0 Å². The van der Waals surface area contributed by atoms with Gasteiger partial charge in [-0.1, -0.05) is 25.1 Å². The van der Waals surface area contributed by atoms with Crippen LogP contribution in [0.1, 0.15) is 23.8 Å². The van der Waals surface area contributed by atoms with Crippen LogP contribution in [-0.2, 0) is 12.8 Å². The van der Waals surface area contributed by atoms with E-state index < -0.39 is 0 Å².